The number of unbranched alkanes of at least 4 members (excludes halogenated alkanes) is 6. The van der Waals surface area contributed by atoms with Crippen LogP contribution in [0.25, 0.3) is 45.5 Å². The molecular formula is C92H123Cl2N7O13. The Labute approximate surface area is 687 Å². The minimum absolute atomic E-state index is 0.0175. The number of fused-ring (bicyclic) bond motifs is 9. The molecule has 3 aliphatic carbocycles. The van der Waals surface area contributed by atoms with Crippen molar-refractivity contribution in [2.45, 2.75) is 162 Å². The molecule has 22 heteroatoms. The summed E-state index contributed by atoms with van der Waals surface area (Å²) < 4.78 is 37.7. The predicted molar refractivity (Wildman–Crippen MR) is 460 cm³/mol. The lowest BCUT2D eigenvalue weighted by molar-refractivity contribution is -0.150. The zero-order valence-corrected chi connectivity index (χ0v) is 71.5. The average molecular weight is 1610 g/mol. The summed E-state index contributed by atoms with van der Waals surface area (Å²) >= 11 is 11.2. The van der Waals surface area contributed by atoms with Crippen LogP contribution in [0, 0.1) is 22.7 Å². The summed E-state index contributed by atoms with van der Waals surface area (Å²) in [6.07, 6.45) is 12.6. The van der Waals surface area contributed by atoms with Crippen molar-refractivity contribution in [3.63, 3.8) is 0 Å². The number of carbonyl (C=O) groups excluding carboxylic acids is 4. The number of anilines is 3. The van der Waals surface area contributed by atoms with Crippen molar-refractivity contribution in [3.05, 3.63) is 170 Å². The number of nitrogens with two attached hydrogens (primary N) is 1. The summed E-state index contributed by atoms with van der Waals surface area (Å²) in [5.41, 5.74) is 22.8. The second-order valence-electron chi connectivity index (χ2n) is 32.2. The molecule has 9 rings (SSSR count). The Balaban J connectivity index is 0.000000258. The monoisotopic (exact) mass is 1600 g/mol. The number of nitriles is 2. The lowest BCUT2D eigenvalue weighted by Gasteiger charge is -2.25. The maximum Gasteiger partial charge on any atom is 0.407 e. The first-order valence-electron chi connectivity index (χ1n) is 39.7. The maximum atomic E-state index is 12.5. The highest BCUT2D eigenvalue weighted by Gasteiger charge is 2.39. The topological polar surface area (TPSA) is 269 Å². The number of ether oxygens (including phenoxy) is 7. The third-order valence-electron chi connectivity index (χ3n) is 20.0. The van der Waals surface area contributed by atoms with Crippen molar-refractivity contribution in [3.8, 4) is 45.5 Å². The zero-order chi connectivity index (χ0) is 83.8. The van der Waals surface area contributed by atoms with E-state index < -0.39 is 29.2 Å². The molecule has 1 amide bonds. The first-order chi connectivity index (χ1) is 54.2. The van der Waals surface area contributed by atoms with Crippen LogP contribution in [0.4, 0.5) is 21.9 Å². The zero-order valence-electron chi connectivity index (χ0n) is 70.0. The van der Waals surface area contributed by atoms with Gasteiger partial charge < -0.3 is 69.1 Å². The van der Waals surface area contributed by atoms with E-state index in [0.29, 0.717) is 78.2 Å². The van der Waals surface area contributed by atoms with E-state index in [1.165, 1.54) is 51.8 Å². The summed E-state index contributed by atoms with van der Waals surface area (Å²) in [7, 11) is 5.92. The van der Waals surface area contributed by atoms with Gasteiger partial charge in [0, 0.05) is 111 Å². The number of amides is 1. The number of aliphatic hydroxyl groups is 2. The van der Waals surface area contributed by atoms with Gasteiger partial charge in [-0.05, 0) is 200 Å². The summed E-state index contributed by atoms with van der Waals surface area (Å²) in [6, 6.07) is 41.1. The van der Waals surface area contributed by atoms with E-state index in [2.05, 4.69) is 117 Å². The van der Waals surface area contributed by atoms with Crippen LogP contribution < -0.4 is 25.8 Å². The van der Waals surface area contributed by atoms with E-state index in [0.717, 1.165) is 125 Å². The van der Waals surface area contributed by atoms with Gasteiger partial charge in [-0.25, -0.2) is 14.4 Å². The summed E-state index contributed by atoms with van der Waals surface area (Å²) in [5, 5.41) is 40.2. The first-order valence-corrected chi connectivity index (χ1v) is 40.7. The van der Waals surface area contributed by atoms with Crippen LogP contribution in [-0.2, 0) is 59.0 Å². The molecule has 0 aromatic heterocycles. The van der Waals surface area contributed by atoms with E-state index >= 15 is 0 Å². The molecule has 0 spiro atoms. The molecule has 0 radical (unpaired) electrons. The van der Waals surface area contributed by atoms with Crippen LogP contribution >= 0.6 is 23.2 Å². The Morgan fingerprint density at radius 1 is 0.456 bits per heavy atom. The van der Waals surface area contributed by atoms with E-state index in [4.69, 9.17) is 67.2 Å². The van der Waals surface area contributed by atoms with Gasteiger partial charge in [-0.3, -0.25) is 4.79 Å². The van der Waals surface area contributed by atoms with Crippen LogP contribution in [-0.4, -0.2) is 184 Å². The number of likely N-dealkylation sites (N-methyl/N-ethyl adjacent to an activating group) is 3. The number of alkyl halides is 2. The molecule has 0 unspecified atom stereocenters. The number of nitrogens with zero attached hydrogens (tertiary/aromatic N) is 5. The fraction of sp³-hybridized carbons (Fsp3) is 0.500. The third-order valence-corrected chi connectivity index (χ3v) is 20.5. The van der Waals surface area contributed by atoms with Crippen LogP contribution in [0.3, 0.4) is 0 Å². The van der Waals surface area contributed by atoms with Gasteiger partial charge in [0.05, 0.1) is 59.4 Å². The van der Waals surface area contributed by atoms with Crippen molar-refractivity contribution >= 4 is 76.7 Å². The molecule has 0 heterocycles. The summed E-state index contributed by atoms with van der Waals surface area (Å²) in [5.74, 6) is 0.235. The predicted octanol–water partition coefficient (Wildman–Crippen LogP) is 16.9. The number of hydrogen-bond acceptors (Lipinski definition) is 19. The van der Waals surface area contributed by atoms with Crippen LogP contribution in [0.1, 0.15) is 189 Å². The van der Waals surface area contributed by atoms with Crippen LogP contribution in [0.15, 0.2) is 120 Å². The highest BCUT2D eigenvalue weighted by molar-refractivity contribution is 6.18. The van der Waals surface area contributed by atoms with Gasteiger partial charge in [-0.15, -0.1) is 23.2 Å². The van der Waals surface area contributed by atoms with Crippen LogP contribution in [0.2, 0.25) is 0 Å². The van der Waals surface area contributed by atoms with Crippen molar-refractivity contribution in [2.24, 2.45) is 5.73 Å². The number of aliphatic hydroxyl groups excluding tert-OH is 2. The van der Waals surface area contributed by atoms with Crippen molar-refractivity contribution in [1.82, 2.24) is 5.32 Å². The van der Waals surface area contributed by atoms with Gasteiger partial charge in [-0.2, -0.15) is 10.5 Å². The van der Waals surface area contributed by atoms with Gasteiger partial charge in [0.2, 0.25) is 0 Å². The van der Waals surface area contributed by atoms with Crippen LogP contribution in [0.5, 0.6) is 0 Å². The lowest BCUT2D eigenvalue weighted by Crippen LogP contribution is -2.31. The minimum atomic E-state index is -0.687. The second-order valence-corrected chi connectivity index (χ2v) is 32.9. The molecule has 0 saturated heterocycles. The second kappa shape index (κ2) is 45.6. The number of aldehydes is 1. The molecule has 5 N–H and O–H groups in total. The Hall–Kier alpha value is -8.64. The Bertz CT molecular complexity index is 4280. The normalized spacial score (nSPS) is 13.5. The summed E-state index contributed by atoms with van der Waals surface area (Å²) in [4.78, 5) is 54.2. The number of rotatable bonds is 38. The number of esters is 2. The molecule has 0 atom stereocenters. The third kappa shape index (κ3) is 27.5. The molecule has 3 aliphatic rings. The smallest absolute Gasteiger partial charge is 0.407 e. The Kier molecular flexibility index (Phi) is 37.7. The van der Waals surface area contributed by atoms with Gasteiger partial charge in [0.25, 0.3) is 0 Å². The number of alkyl carbamates (subject to hydrolysis) is 1. The number of halogens is 2. The van der Waals surface area contributed by atoms with E-state index in [1.807, 2.05) is 86.7 Å². The number of nitrogens with one attached hydrogen (secondary N) is 1. The van der Waals surface area contributed by atoms with Crippen molar-refractivity contribution in [2.75, 3.05) is 153 Å². The molecule has 0 saturated carbocycles. The Morgan fingerprint density at radius 2 is 0.781 bits per heavy atom. The molecule has 6 aromatic rings. The minimum Gasteiger partial charge on any atom is -0.456 e. The lowest BCUT2D eigenvalue weighted by atomic mass is 9.81. The van der Waals surface area contributed by atoms with E-state index in [1.54, 1.807) is 53.7 Å². The van der Waals surface area contributed by atoms with Gasteiger partial charge in [0.15, 0.2) is 0 Å². The molecule has 0 bridgehead atoms. The Morgan fingerprint density at radius 3 is 1.12 bits per heavy atom. The van der Waals surface area contributed by atoms with Gasteiger partial charge >= 0.3 is 18.0 Å². The number of benzene rings is 6. The first kappa shape index (κ1) is 94.2. The highest BCUT2D eigenvalue weighted by atomic mass is 35.5. The SMILES string of the molecule is CN(CCO)c1ccc2c(c1)C(C)(C)c1cc(/C=C(/C#N)C(=O)OC(C)(C)C)ccc1-2.CN(CCO)c1ccc2c(c1)C(C)(C)c1cc(C=O)ccc1-2.CN(CCOC(=O)NCCOCCOCCCCCCCl)c1ccc2c(c1)C(C)(C)c1cc(/C=C(/C#N)C(=O)OC(C)(C)C)ccc1-2.NCCOCCOCCCCCCCl. The van der Waals surface area contributed by atoms with Gasteiger partial charge in [0.1, 0.15) is 47.4 Å². The number of carbonyl (C=O) groups is 4. The fourth-order valence-corrected chi connectivity index (χ4v) is 14.1. The average Bonchev–Trinajstić information content (AvgIpc) is 1.60. The fourth-order valence-electron chi connectivity index (χ4n) is 13.7. The largest absolute Gasteiger partial charge is 0.456 e. The maximum absolute atomic E-state index is 12.5. The van der Waals surface area contributed by atoms with Gasteiger partial charge in [-0.1, -0.05) is 134 Å². The van der Waals surface area contributed by atoms with Crippen molar-refractivity contribution < 1.29 is 62.5 Å². The van der Waals surface area contributed by atoms with E-state index in [9.17, 15) is 34.8 Å². The molecule has 6 aromatic carbocycles. The number of hydrogen-bond donors (Lipinski definition) is 4. The highest BCUT2D eigenvalue weighted by Crippen LogP contribution is 2.53. The summed E-state index contributed by atoms with van der Waals surface area (Å²) in [6.45, 7) is 31.8. The molecule has 20 nitrogen and oxygen atoms in total. The molecule has 618 valence electrons. The van der Waals surface area contributed by atoms with E-state index in [-0.39, 0.29) is 47.2 Å². The quantitative estimate of drug-likeness (QED) is 0.00533. The molecule has 0 fully saturated rings. The molecule has 0 aliphatic heterocycles. The standard InChI is InChI=1S/C37H50ClN3O6.C26H30N2O3.C19H21NO2.C10H22ClNO2/c1-36(2,3)47-34(42)28(26-39)23-27-11-13-30-31-14-12-29(25-33(31)37(4,5)32(30)24-27)41(6)17-20-46-35(43)40-16-19-45-22-21-44-18-10-8-7-9-15-38;1-25(2,3)31-24(30)18(16-27)13-17-7-9-20-21-10-8-19(28(6)11-12-29)15-23(21)26(4,5)22(20)14-17;1-19(2)17-10-13(12-22)4-6-15(17)16-7-5-14(11-18(16)19)20(3)8-9-21;11-5-3-1-2-4-7-13-9-10-14-8-6-12/h11-14,23-25H,7-10,15-22H2,1-6H3,(H,40,43);7-10,13-15,29H,11-12H2,1-6H3;4-7,10-12,21H,8-9H2,1-3H3;1-10,12H2/b28-23-;18-13-;;. The molecular weight excluding hydrogens is 1480 g/mol. The molecule has 114 heavy (non-hydrogen) atoms. The van der Waals surface area contributed by atoms with Crippen molar-refractivity contribution in [1.29, 1.82) is 10.5 Å².